The molecule has 0 saturated carbocycles. The zero-order valence-electron chi connectivity index (χ0n) is 9.34. The molecule has 92 valence electrons. The zero-order valence-corrected chi connectivity index (χ0v) is 10.9. The van der Waals surface area contributed by atoms with Crippen LogP contribution < -0.4 is 5.73 Å². The third-order valence-electron chi connectivity index (χ3n) is 2.40. The normalized spacial score (nSPS) is 10.0. The molecule has 0 saturated heterocycles. The molecule has 1 aromatic carbocycles. The second-order valence-electron chi connectivity index (χ2n) is 3.64. The molecule has 3 nitrogen and oxygen atoms in total. The van der Waals surface area contributed by atoms with Crippen LogP contribution in [0.4, 0.5) is 0 Å². The van der Waals surface area contributed by atoms with E-state index in [9.17, 15) is 0 Å². The van der Waals surface area contributed by atoms with E-state index in [-0.39, 0.29) is 12.4 Å². The van der Waals surface area contributed by atoms with Crippen molar-refractivity contribution < 1.29 is 0 Å². The molecule has 2 aromatic rings. The summed E-state index contributed by atoms with van der Waals surface area (Å²) in [5.41, 5.74) is 7.69. The van der Waals surface area contributed by atoms with Crippen molar-refractivity contribution in [2.75, 3.05) is 6.54 Å². The van der Waals surface area contributed by atoms with Gasteiger partial charge in [-0.05, 0) is 30.7 Å². The molecule has 5 heteroatoms. The summed E-state index contributed by atoms with van der Waals surface area (Å²) in [5, 5.41) is 5.03. The van der Waals surface area contributed by atoms with Crippen LogP contribution >= 0.6 is 24.0 Å². The molecule has 0 spiro atoms. The van der Waals surface area contributed by atoms with Crippen molar-refractivity contribution in [1.82, 2.24) is 9.78 Å². The predicted octanol–water partition coefficient (Wildman–Crippen LogP) is 2.97. The van der Waals surface area contributed by atoms with Crippen molar-refractivity contribution in [2.45, 2.75) is 13.0 Å². The van der Waals surface area contributed by atoms with Gasteiger partial charge in [-0.15, -0.1) is 12.4 Å². The maximum atomic E-state index is 5.84. The number of nitrogens with two attached hydrogens (primary N) is 1. The topological polar surface area (TPSA) is 43.8 Å². The highest BCUT2D eigenvalue weighted by molar-refractivity contribution is 6.30. The minimum absolute atomic E-state index is 0. The average molecular weight is 272 g/mol. The summed E-state index contributed by atoms with van der Waals surface area (Å²) in [6, 6.07) is 7.75. The van der Waals surface area contributed by atoms with Gasteiger partial charge in [0.05, 0.1) is 6.20 Å². The van der Waals surface area contributed by atoms with Crippen molar-refractivity contribution in [3.8, 4) is 11.1 Å². The highest BCUT2D eigenvalue weighted by Crippen LogP contribution is 2.20. The van der Waals surface area contributed by atoms with E-state index in [1.54, 1.807) is 0 Å². The molecule has 2 rings (SSSR count). The summed E-state index contributed by atoms with van der Waals surface area (Å²) >= 11 is 5.84. The van der Waals surface area contributed by atoms with Crippen molar-refractivity contribution in [3.05, 3.63) is 41.7 Å². The van der Waals surface area contributed by atoms with Gasteiger partial charge >= 0.3 is 0 Å². The monoisotopic (exact) mass is 271 g/mol. The highest BCUT2D eigenvalue weighted by Gasteiger charge is 2.01. The van der Waals surface area contributed by atoms with Gasteiger partial charge in [0.1, 0.15) is 0 Å². The summed E-state index contributed by atoms with van der Waals surface area (Å²) < 4.78 is 1.91. The molecule has 0 fully saturated rings. The van der Waals surface area contributed by atoms with Crippen LogP contribution in [0.2, 0.25) is 5.02 Å². The largest absolute Gasteiger partial charge is 0.330 e. The number of nitrogens with zero attached hydrogens (tertiary/aromatic N) is 2. The van der Waals surface area contributed by atoms with Crippen LogP contribution in [0, 0.1) is 0 Å². The van der Waals surface area contributed by atoms with Gasteiger partial charge in [-0.2, -0.15) is 5.10 Å². The Kier molecular flexibility index (Phi) is 5.48. The van der Waals surface area contributed by atoms with Gasteiger partial charge in [-0.25, -0.2) is 0 Å². The number of hydrogen-bond acceptors (Lipinski definition) is 2. The number of rotatable bonds is 4. The van der Waals surface area contributed by atoms with E-state index in [1.165, 1.54) is 0 Å². The molecule has 17 heavy (non-hydrogen) atoms. The van der Waals surface area contributed by atoms with Crippen LogP contribution in [0.15, 0.2) is 36.7 Å². The summed E-state index contributed by atoms with van der Waals surface area (Å²) in [6.07, 6.45) is 4.83. The smallest absolute Gasteiger partial charge is 0.0568 e. The minimum atomic E-state index is 0. The predicted molar refractivity (Wildman–Crippen MR) is 73.6 cm³/mol. The molecule has 0 atom stereocenters. The number of benzene rings is 1. The maximum Gasteiger partial charge on any atom is 0.0568 e. The van der Waals surface area contributed by atoms with Crippen LogP contribution in [0.25, 0.3) is 11.1 Å². The van der Waals surface area contributed by atoms with Gasteiger partial charge < -0.3 is 5.73 Å². The Morgan fingerprint density at radius 2 is 1.88 bits per heavy atom. The van der Waals surface area contributed by atoms with E-state index in [2.05, 4.69) is 5.10 Å². The van der Waals surface area contributed by atoms with Gasteiger partial charge in [-0.1, -0.05) is 23.7 Å². The first-order chi connectivity index (χ1) is 7.79. The Labute approximate surface area is 112 Å². The lowest BCUT2D eigenvalue weighted by molar-refractivity contribution is 0.585. The van der Waals surface area contributed by atoms with Crippen LogP contribution in [-0.4, -0.2) is 16.3 Å². The molecule has 1 aromatic heterocycles. The third kappa shape index (κ3) is 3.73. The van der Waals surface area contributed by atoms with E-state index < -0.39 is 0 Å². The van der Waals surface area contributed by atoms with Gasteiger partial charge in [-0.3, -0.25) is 4.68 Å². The Morgan fingerprint density at radius 1 is 1.18 bits per heavy atom. The van der Waals surface area contributed by atoms with E-state index >= 15 is 0 Å². The van der Waals surface area contributed by atoms with Crippen LogP contribution in [0.3, 0.4) is 0 Å². The van der Waals surface area contributed by atoms with Crippen molar-refractivity contribution >= 4 is 24.0 Å². The first kappa shape index (κ1) is 14.0. The van der Waals surface area contributed by atoms with Crippen molar-refractivity contribution in [2.24, 2.45) is 5.73 Å². The lowest BCUT2D eigenvalue weighted by Crippen LogP contribution is -2.05. The molecule has 0 radical (unpaired) electrons. The molecule has 0 amide bonds. The average Bonchev–Trinajstić information content (AvgIpc) is 2.76. The van der Waals surface area contributed by atoms with Crippen LogP contribution in [0.5, 0.6) is 0 Å². The lowest BCUT2D eigenvalue weighted by atomic mass is 10.1. The molecular formula is C12H15Cl2N3. The van der Waals surface area contributed by atoms with Crippen molar-refractivity contribution in [1.29, 1.82) is 0 Å². The van der Waals surface area contributed by atoms with Crippen LogP contribution in [-0.2, 0) is 6.54 Å². The fourth-order valence-corrected chi connectivity index (χ4v) is 1.66. The minimum Gasteiger partial charge on any atom is -0.330 e. The quantitative estimate of drug-likeness (QED) is 0.929. The number of aryl methyl sites for hydroxylation is 1. The highest BCUT2D eigenvalue weighted by atomic mass is 35.5. The Bertz CT molecular complexity index is 451. The summed E-state index contributed by atoms with van der Waals surface area (Å²) in [4.78, 5) is 0. The van der Waals surface area contributed by atoms with E-state index in [1.807, 2.05) is 41.3 Å². The standard InChI is InChI=1S/C12H14ClN3.ClH/c13-12-4-2-10(3-5-12)11-8-15-16(9-11)7-1-6-14;/h2-5,8-9H,1,6-7,14H2;1H. The number of halogens is 2. The molecule has 0 aliphatic heterocycles. The van der Waals surface area contributed by atoms with Gasteiger partial charge in [0.2, 0.25) is 0 Å². The fraction of sp³-hybridized carbons (Fsp3) is 0.250. The molecule has 1 heterocycles. The SMILES string of the molecule is Cl.NCCCn1cc(-c2ccc(Cl)cc2)cn1. The molecule has 0 unspecified atom stereocenters. The Hall–Kier alpha value is -1.03. The number of aromatic nitrogens is 2. The number of hydrogen-bond donors (Lipinski definition) is 1. The first-order valence-corrected chi connectivity index (χ1v) is 5.66. The summed E-state index contributed by atoms with van der Waals surface area (Å²) in [5.74, 6) is 0. The third-order valence-corrected chi connectivity index (χ3v) is 2.65. The molecular weight excluding hydrogens is 257 g/mol. The van der Waals surface area contributed by atoms with E-state index in [0.29, 0.717) is 6.54 Å². The fourth-order valence-electron chi connectivity index (χ4n) is 1.53. The van der Waals surface area contributed by atoms with Gasteiger partial charge in [0.25, 0.3) is 0 Å². The summed E-state index contributed by atoms with van der Waals surface area (Å²) in [7, 11) is 0. The Balaban J connectivity index is 0.00000144. The van der Waals surface area contributed by atoms with Crippen molar-refractivity contribution in [3.63, 3.8) is 0 Å². The van der Waals surface area contributed by atoms with Gasteiger partial charge in [0, 0.05) is 23.3 Å². The lowest BCUT2D eigenvalue weighted by Gasteiger charge is -1.98. The summed E-state index contributed by atoms with van der Waals surface area (Å²) in [6.45, 7) is 1.56. The second-order valence-corrected chi connectivity index (χ2v) is 4.08. The van der Waals surface area contributed by atoms with Gasteiger partial charge in [0.15, 0.2) is 0 Å². The zero-order chi connectivity index (χ0) is 11.4. The molecule has 0 aliphatic carbocycles. The van der Waals surface area contributed by atoms with E-state index in [0.717, 1.165) is 29.1 Å². The first-order valence-electron chi connectivity index (χ1n) is 5.28. The maximum absolute atomic E-state index is 5.84. The molecule has 0 aliphatic rings. The van der Waals surface area contributed by atoms with Crippen LogP contribution in [0.1, 0.15) is 6.42 Å². The molecule has 0 bridgehead atoms. The second kappa shape index (κ2) is 6.64. The van der Waals surface area contributed by atoms with E-state index in [4.69, 9.17) is 17.3 Å². The Morgan fingerprint density at radius 3 is 2.53 bits per heavy atom. The molecule has 2 N–H and O–H groups in total.